The van der Waals surface area contributed by atoms with Gasteiger partial charge in [0, 0.05) is 24.4 Å². The van der Waals surface area contributed by atoms with Gasteiger partial charge in [0.1, 0.15) is 0 Å². The van der Waals surface area contributed by atoms with Crippen molar-refractivity contribution in [1.82, 2.24) is 10.3 Å². The van der Waals surface area contributed by atoms with E-state index in [-0.39, 0.29) is 11.2 Å². The van der Waals surface area contributed by atoms with Crippen molar-refractivity contribution in [2.24, 2.45) is 5.92 Å². The smallest absolute Gasteiger partial charge is 0.0677 e. The minimum atomic E-state index is -0.0862. The molecule has 3 heteroatoms. The van der Waals surface area contributed by atoms with Gasteiger partial charge < -0.3 is 10.1 Å². The summed E-state index contributed by atoms with van der Waals surface area (Å²) < 4.78 is 6.29. The zero-order valence-electron chi connectivity index (χ0n) is 14.1. The molecule has 1 aromatic heterocycles. The van der Waals surface area contributed by atoms with Crippen LogP contribution in [0.25, 0.3) is 0 Å². The predicted octanol–water partition coefficient (Wildman–Crippen LogP) is 3.59. The number of aromatic nitrogens is 1. The van der Waals surface area contributed by atoms with Crippen LogP contribution in [0.3, 0.4) is 0 Å². The molecule has 2 heterocycles. The van der Waals surface area contributed by atoms with Gasteiger partial charge in [-0.15, -0.1) is 0 Å². The maximum absolute atomic E-state index is 6.29. The van der Waals surface area contributed by atoms with Gasteiger partial charge >= 0.3 is 0 Å². The van der Waals surface area contributed by atoms with Gasteiger partial charge in [-0.25, -0.2) is 0 Å². The molecule has 2 unspecified atom stereocenters. The molecule has 0 radical (unpaired) electrons. The fourth-order valence-corrected chi connectivity index (χ4v) is 3.69. The van der Waals surface area contributed by atoms with Crippen LogP contribution in [0.15, 0.2) is 24.5 Å². The lowest BCUT2D eigenvalue weighted by molar-refractivity contribution is -0.0776. The molecule has 0 aliphatic carbocycles. The van der Waals surface area contributed by atoms with Crippen molar-refractivity contribution in [3.8, 4) is 0 Å². The Labute approximate surface area is 129 Å². The van der Waals surface area contributed by atoms with E-state index in [9.17, 15) is 0 Å². The molecule has 0 aromatic carbocycles. The van der Waals surface area contributed by atoms with Crippen molar-refractivity contribution in [1.29, 1.82) is 0 Å². The van der Waals surface area contributed by atoms with Gasteiger partial charge in [0.2, 0.25) is 0 Å². The highest BCUT2D eigenvalue weighted by Crippen LogP contribution is 2.44. The van der Waals surface area contributed by atoms with Crippen LogP contribution in [0.1, 0.15) is 53.0 Å². The summed E-state index contributed by atoms with van der Waals surface area (Å²) >= 11 is 0. The predicted molar refractivity (Wildman–Crippen MR) is 87.4 cm³/mol. The first kappa shape index (κ1) is 16.4. The molecule has 0 spiro atoms. The summed E-state index contributed by atoms with van der Waals surface area (Å²) in [5, 5.41) is 3.75. The summed E-state index contributed by atoms with van der Waals surface area (Å²) in [4.78, 5) is 4.25. The summed E-state index contributed by atoms with van der Waals surface area (Å²) in [7, 11) is 0. The van der Waals surface area contributed by atoms with E-state index in [1.807, 2.05) is 18.5 Å². The molecule has 21 heavy (non-hydrogen) atoms. The first-order valence-corrected chi connectivity index (χ1v) is 8.16. The number of hydrogen-bond donors (Lipinski definition) is 1. The Bertz CT molecular complexity index is 442. The lowest BCUT2D eigenvalue weighted by atomic mass is 9.79. The summed E-state index contributed by atoms with van der Waals surface area (Å²) in [5.74, 6) is 0.513. The van der Waals surface area contributed by atoms with Gasteiger partial charge in [-0.2, -0.15) is 0 Å². The van der Waals surface area contributed by atoms with Crippen LogP contribution in [-0.2, 0) is 11.2 Å². The van der Waals surface area contributed by atoms with E-state index >= 15 is 0 Å². The molecule has 2 atom stereocenters. The summed E-state index contributed by atoms with van der Waals surface area (Å²) in [6.45, 7) is 12.1. The van der Waals surface area contributed by atoms with Crippen molar-refractivity contribution in [2.75, 3.05) is 6.54 Å². The zero-order valence-corrected chi connectivity index (χ0v) is 14.1. The second-order valence-electron chi connectivity index (χ2n) is 7.40. The molecule has 3 nitrogen and oxygen atoms in total. The van der Waals surface area contributed by atoms with Gasteiger partial charge in [0.05, 0.1) is 11.2 Å². The van der Waals surface area contributed by atoms with Gasteiger partial charge in [0.15, 0.2) is 0 Å². The van der Waals surface area contributed by atoms with Crippen LogP contribution < -0.4 is 5.32 Å². The first-order chi connectivity index (χ1) is 9.84. The highest BCUT2D eigenvalue weighted by Gasteiger charge is 2.48. The van der Waals surface area contributed by atoms with Crippen LogP contribution >= 0.6 is 0 Å². The van der Waals surface area contributed by atoms with Gasteiger partial charge in [0.25, 0.3) is 0 Å². The normalized spacial score (nSPS) is 24.9. The Morgan fingerprint density at radius 3 is 2.67 bits per heavy atom. The van der Waals surface area contributed by atoms with E-state index in [1.54, 1.807) is 0 Å². The highest BCUT2D eigenvalue weighted by molar-refractivity contribution is 5.12. The number of rotatable bonds is 6. The Hall–Kier alpha value is -0.930. The van der Waals surface area contributed by atoms with E-state index in [0.29, 0.717) is 12.0 Å². The molecule has 0 saturated carbocycles. The van der Waals surface area contributed by atoms with Gasteiger partial charge in [-0.3, -0.25) is 4.98 Å². The van der Waals surface area contributed by atoms with Crippen molar-refractivity contribution >= 4 is 0 Å². The number of hydrogen-bond acceptors (Lipinski definition) is 3. The molecule has 1 aliphatic rings. The Morgan fingerprint density at radius 2 is 2.14 bits per heavy atom. The second kappa shape index (κ2) is 6.45. The van der Waals surface area contributed by atoms with Gasteiger partial charge in [-0.05, 0) is 65.1 Å². The summed E-state index contributed by atoms with van der Waals surface area (Å²) in [5.41, 5.74) is 1.18. The number of pyridine rings is 1. The first-order valence-electron chi connectivity index (χ1n) is 8.16. The molecule has 2 rings (SSSR count). The van der Waals surface area contributed by atoms with Crippen molar-refractivity contribution in [3.63, 3.8) is 0 Å². The molecule has 0 bridgehead atoms. The quantitative estimate of drug-likeness (QED) is 0.869. The lowest BCUT2D eigenvalue weighted by Crippen LogP contribution is -2.45. The average Bonchev–Trinajstić information content (AvgIpc) is 2.63. The topological polar surface area (TPSA) is 34.2 Å². The fraction of sp³-hybridized carbons (Fsp3) is 0.722. The Kier molecular flexibility index (Phi) is 5.05. The number of nitrogens with zero attached hydrogens (tertiary/aromatic N) is 1. The standard InChI is InChI=1S/C18H30N2O/c1-6-9-20-16(11-14-8-7-10-19-13-14)15-12-17(2,3)21-18(15,4)5/h7-8,10,13,15-16,20H,6,9,11-12H2,1-5H3. The van der Waals surface area contributed by atoms with E-state index < -0.39 is 0 Å². The lowest BCUT2D eigenvalue weighted by Gasteiger charge is -2.33. The fourth-order valence-electron chi connectivity index (χ4n) is 3.69. The minimum absolute atomic E-state index is 0.0325. The average molecular weight is 290 g/mol. The Morgan fingerprint density at radius 1 is 1.38 bits per heavy atom. The van der Waals surface area contributed by atoms with E-state index in [1.165, 1.54) is 5.56 Å². The van der Waals surface area contributed by atoms with Crippen LogP contribution in [-0.4, -0.2) is 28.8 Å². The summed E-state index contributed by atoms with van der Waals surface area (Å²) in [6, 6.07) is 4.62. The van der Waals surface area contributed by atoms with E-state index in [2.05, 4.69) is 51.0 Å². The molecular formula is C18H30N2O. The maximum atomic E-state index is 6.29. The van der Waals surface area contributed by atoms with Crippen LogP contribution in [0.4, 0.5) is 0 Å². The van der Waals surface area contributed by atoms with Crippen LogP contribution in [0, 0.1) is 5.92 Å². The molecular weight excluding hydrogens is 260 g/mol. The number of ether oxygens (including phenoxy) is 1. The van der Waals surface area contributed by atoms with Crippen molar-refractivity contribution < 1.29 is 4.74 Å². The molecule has 0 amide bonds. The molecule has 1 aromatic rings. The van der Waals surface area contributed by atoms with Crippen molar-refractivity contribution in [3.05, 3.63) is 30.1 Å². The second-order valence-corrected chi connectivity index (χ2v) is 7.40. The third kappa shape index (κ3) is 4.27. The van der Waals surface area contributed by atoms with E-state index in [4.69, 9.17) is 4.74 Å². The maximum Gasteiger partial charge on any atom is 0.0677 e. The third-order valence-electron chi connectivity index (χ3n) is 4.46. The molecule has 1 fully saturated rings. The third-order valence-corrected chi connectivity index (χ3v) is 4.46. The number of nitrogens with one attached hydrogen (secondary N) is 1. The Balaban J connectivity index is 2.15. The monoisotopic (exact) mass is 290 g/mol. The van der Waals surface area contributed by atoms with Crippen LogP contribution in [0.2, 0.25) is 0 Å². The molecule has 118 valence electrons. The SMILES string of the molecule is CCCNC(Cc1cccnc1)C1CC(C)(C)OC1(C)C. The molecule has 1 saturated heterocycles. The molecule has 1 aliphatic heterocycles. The van der Waals surface area contributed by atoms with Gasteiger partial charge in [-0.1, -0.05) is 13.0 Å². The molecule has 1 N–H and O–H groups in total. The van der Waals surface area contributed by atoms with E-state index in [0.717, 1.165) is 25.8 Å². The minimum Gasteiger partial charge on any atom is -0.369 e. The van der Waals surface area contributed by atoms with Crippen molar-refractivity contribution in [2.45, 2.75) is 71.1 Å². The van der Waals surface area contributed by atoms with Crippen LogP contribution in [0.5, 0.6) is 0 Å². The zero-order chi connectivity index (χ0) is 15.5. The largest absolute Gasteiger partial charge is 0.369 e. The summed E-state index contributed by atoms with van der Waals surface area (Å²) in [6.07, 6.45) is 7.09. The highest BCUT2D eigenvalue weighted by atomic mass is 16.5.